The van der Waals surface area contributed by atoms with E-state index in [2.05, 4.69) is 0 Å². The lowest BCUT2D eigenvalue weighted by Crippen LogP contribution is -2.17. The van der Waals surface area contributed by atoms with Crippen molar-refractivity contribution in [1.82, 2.24) is 0 Å². The van der Waals surface area contributed by atoms with Crippen LogP contribution in [0.2, 0.25) is 0 Å². The van der Waals surface area contributed by atoms with Crippen molar-refractivity contribution >= 4 is 0 Å². The zero-order valence-electron chi connectivity index (χ0n) is 8.37. The first kappa shape index (κ1) is 10.8. The molecule has 1 heterocycles. The zero-order valence-corrected chi connectivity index (χ0v) is 8.37. The molecule has 1 fully saturated rings. The number of nitriles is 1. The Morgan fingerprint density at radius 3 is 2.88 bits per heavy atom. The molecule has 0 spiro atoms. The molecule has 0 N–H and O–H groups in total. The highest BCUT2D eigenvalue weighted by Crippen LogP contribution is 2.26. The molecule has 0 saturated carbocycles. The number of rotatable bonds is 2. The predicted octanol–water partition coefficient (Wildman–Crippen LogP) is 2.00. The van der Waals surface area contributed by atoms with Crippen LogP contribution in [-0.4, -0.2) is 19.3 Å². The molecule has 1 unspecified atom stereocenters. The maximum Gasteiger partial charge on any atom is 0.173 e. The Labute approximate surface area is 91.2 Å². The molecular weight excluding hydrogens is 216 g/mol. The fourth-order valence-corrected chi connectivity index (χ4v) is 1.54. The number of hydrogen-bond acceptors (Lipinski definition) is 3. The van der Waals surface area contributed by atoms with Gasteiger partial charge in [-0.3, -0.25) is 0 Å². The zero-order chi connectivity index (χ0) is 11.5. The Balaban J connectivity index is 2.28. The van der Waals surface area contributed by atoms with Gasteiger partial charge in [-0.1, -0.05) is 0 Å². The molecular formula is C11H9F2NO2. The Hall–Kier alpha value is -1.67. The third-order valence-corrected chi connectivity index (χ3v) is 2.30. The SMILES string of the molecule is N#Cc1cc(F)cc(F)c1OC1CCOC1. The van der Waals surface area contributed by atoms with Crippen molar-refractivity contribution in [2.45, 2.75) is 12.5 Å². The molecule has 1 aliphatic rings. The predicted molar refractivity (Wildman–Crippen MR) is 50.9 cm³/mol. The van der Waals surface area contributed by atoms with E-state index in [0.717, 1.165) is 6.07 Å². The summed E-state index contributed by atoms with van der Waals surface area (Å²) < 4.78 is 36.6. The summed E-state index contributed by atoms with van der Waals surface area (Å²) in [5, 5.41) is 8.75. The number of hydrogen-bond donors (Lipinski definition) is 0. The van der Waals surface area contributed by atoms with Crippen LogP contribution in [0.3, 0.4) is 0 Å². The first-order valence-electron chi connectivity index (χ1n) is 4.84. The van der Waals surface area contributed by atoms with Crippen molar-refractivity contribution in [3.63, 3.8) is 0 Å². The van der Waals surface area contributed by atoms with Crippen LogP contribution < -0.4 is 4.74 Å². The Bertz CT molecular complexity index is 436. The molecule has 1 aliphatic heterocycles. The summed E-state index contributed by atoms with van der Waals surface area (Å²) in [6.07, 6.45) is 0.369. The highest BCUT2D eigenvalue weighted by atomic mass is 19.1. The molecule has 84 valence electrons. The lowest BCUT2D eigenvalue weighted by molar-refractivity contribution is 0.138. The normalized spacial score (nSPS) is 19.4. The van der Waals surface area contributed by atoms with E-state index in [1.165, 1.54) is 0 Å². The highest BCUT2D eigenvalue weighted by Gasteiger charge is 2.21. The van der Waals surface area contributed by atoms with Crippen LogP contribution >= 0.6 is 0 Å². The van der Waals surface area contributed by atoms with Crippen LogP contribution in [0, 0.1) is 23.0 Å². The van der Waals surface area contributed by atoms with Gasteiger partial charge in [-0.15, -0.1) is 0 Å². The Morgan fingerprint density at radius 1 is 1.44 bits per heavy atom. The second kappa shape index (κ2) is 4.45. The van der Waals surface area contributed by atoms with E-state index < -0.39 is 11.6 Å². The second-order valence-corrected chi connectivity index (χ2v) is 3.48. The van der Waals surface area contributed by atoms with E-state index in [4.69, 9.17) is 14.7 Å². The summed E-state index contributed by atoms with van der Waals surface area (Å²) in [5.41, 5.74) is -0.135. The first-order chi connectivity index (χ1) is 7.70. The smallest absolute Gasteiger partial charge is 0.173 e. The Morgan fingerprint density at radius 2 is 2.25 bits per heavy atom. The van der Waals surface area contributed by atoms with Crippen LogP contribution in [0.15, 0.2) is 12.1 Å². The van der Waals surface area contributed by atoms with Crippen molar-refractivity contribution in [2.24, 2.45) is 0 Å². The summed E-state index contributed by atoms with van der Waals surface area (Å²) in [6, 6.07) is 3.36. The van der Waals surface area contributed by atoms with Gasteiger partial charge in [-0.05, 0) is 6.07 Å². The molecule has 0 aromatic heterocycles. The average Bonchev–Trinajstić information content (AvgIpc) is 2.74. The maximum atomic E-state index is 13.4. The van der Waals surface area contributed by atoms with Gasteiger partial charge in [0.25, 0.3) is 0 Å². The molecule has 1 aromatic rings. The lowest BCUT2D eigenvalue weighted by Gasteiger charge is -2.13. The molecule has 16 heavy (non-hydrogen) atoms. The fourth-order valence-electron chi connectivity index (χ4n) is 1.54. The minimum absolute atomic E-state index is 0.135. The second-order valence-electron chi connectivity index (χ2n) is 3.48. The summed E-state index contributed by atoms with van der Waals surface area (Å²) in [5.74, 6) is -1.84. The molecule has 1 atom stereocenters. The molecule has 2 rings (SSSR count). The summed E-state index contributed by atoms with van der Waals surface area (Å²) in [6.45, 7) is 0.914. The molecule has 5 heteroatoms. The lowest BCUT2D eigenvalue weighted by atomic mass is 10.2. The van der Waals surface area contributed by atoms with Crippen molar-refractivity contribution < 1.29 is 18.3 Å². The van der Waals surface area contributed by atoms with E-state index in [1.54, 1.807) is 6.07 Å². The number of benzene rings is 1. The largest absolute Gasteiger partial charge is 0.483 e. The van der Waals surface area contributed by atoms with Gasteiger partial charge in [0.1, 0.15) is 18.0 Å². The van der Waals surface area contributed by atoms with Gasteiger partial charge in [0.2, 0.25) is 0 Å². The van der Waals surface area contributed by atoms with Gasteiger partial charge in [-0.2, -0.15) is 5.26 Å². The number of ether oxygens (including phenoxy) is 2. The van der Waals surface area contributed by atoms with Gasteiger partial charge < -0.3 is 9.47 Å². The van der Waals surface area contributed by atoms with E-state index in [9.17, 15) is 8.78 Å². The highest BCUT2D eigenvalue weighted by molar-refractivity contribution is 5.44. The summed E-state index contributed by atoms with van der Waals surface area (Å²) in [7, 11) is 0. The van der Waals surface area contributed by atoms with Crippen LogP contribution in [0.25, 0.3) is 0 Å². The van der Waals surface area contributed by atoms with Crippen LogP contribution in [0.1, 0.15) is 12.0 Å². The van der Waals surface area contributed by atoms with Gasteiger partial charge in [0, 0.05) is 12.5 Å². The molecule has 0 bridgehead atoms. The van der Waals surface area contributed by atoms with Gasteiger partial charge in [0.15, 0.2) is 11.6 Å². The van der Waals surface area contributed by atoms with Crippen molar-refractivity contribution in [2.75, 3.05) is 13.2 Å². The van der Waals surface area contributed by atoms with E-state index in [-0.39, 0.29) is 17.4 Å². The van der Waals surface area contributed by atoms with Crippen molar-refractivity contribution in [3.8, 4) is 11.8 Å². The fraction of sp³-hybridized carbons (Fsp3) is 0.364. The molecule has 1 aromatic carbocycles. The molecule has 1 saturated heterocycles. The minimum Gasteiger partial charge on any atom is -0.483 e. The summed E-state index contributed by atoms with van der Waals surface area (Å²) >= 11 is 0. The number of nitrogens with zero attached hydrogens (tertiary/aromatic N) is 1. The standard InChI is InChI=1S/C11H9F2NO2/c12-8-3-7(5-14)11(10(13)4-8)16-9-1-2-15-6-9/h3-4,9H,1-2,6H2. The van der Waals surface area contributed by atoms with Crippen LogP contribution in [0.5, 0.6) is 5.75 Å². The third kappa shape index (κ3) is 2.12. The maximum absolute atomic E-state index is 13.4. The number of halogens is 2. The van der Waals surface area contributed by atoms with Crippen LogP contribution in [0.4, 0.5) is 8.78 Å². The first-order valence-corrected chi connectivity index (χ1v) is 4.84. The van der Waals surface area contributed by atoms with Crippen molar-refractivity contribution in [1.29, 1.82) is 5.26 Å². The van der Waals surface area contributed by atoms with Gasteiger partial charge in [-0.25, -0.2) is 8.78 Å². The van der Waals surface area contributed by atoms with E-state index in [1.807, 2.05) is 0 Å². The average molecular weight is 225 g/mol. The van der Waals surface area contributed by atoms with Crippen LogP contribution in [-0.2, 0) is 4.74 Å². The summed E-state index contributed by atoms with van der Waals surface area (Å²) in [4.78, 5) is 0. The van der Waals surface area contributed by atoms with Crippen molar-refractivity contribution in [3.05, 3.63) is 29.3 Å². The minimum atomic E-state index is -0.858. The molecule has 0 radical (unpaired) electrons. The van der Waals surface area contributed by atoms with Gasteiger partial charge in [0.05, 0.1) is 18.8 Å². The quantitative estimate of drug-likeness (QED) is 0.773. The monoisotopic (exact) mass is 225 g/mol. The molecule has 3 nitrogen and oxygen atoms in total. The topological polar surface area (TPSA) is 42.2 Å². The van der Waals surface area contributed by atoms with E-state index in [0.29, 0.717) is 25.7 Å². The third-order valence-electron chi connectivity index (χ3n) is 2.30. The molecule has 0 aliphatic carbocycles. The molecule has 0 amide bonds. The van der Waals surface area contributed by atoms with Gasteiger partial charge >= 0.3 is 0 Å². The Kier molecular flexibility index (Phi) is 3.02. The van der Waals surface area contributed by atoms with E-state index >= 15 is 0 Å².